The van der Waals surface area contributed by atoms with Crippen molar-refractivity contribution in [2.45, 2.75) is 20.8 Å². The van der Waals surface area contributed by atoms with E-state index in [0.717, 1.165) is 32.3 Å². The second-order valence-electron chi connectivity index (χ2n) is 8.59. The van der Waals surface area contributed by atoms with E-state index in [0.29, 0.717) is 0 Å². The molecule has 6 nitrogen and oxygen atoms in total. The lowest BCUT2D eigenvalue weighted by atomic mass is 9.91. The maximum atomic E-state index is 13.1. The minimum Gasteiger partial charge on any atom is -0.519 e. The molecule has 181 valence electrons. The van der Waals surface area contributed by atoms with Gasteiger partial charge in [-0.1, -0.05) is 89.5 Å². The van der Waals surface area contributed by atoms with E-state index in [4.69, 9.17) is 13.3 Å². The molecule has 0 saturated carbocycles. The first-order valence-electron chi connectivity index (χ1n) is 11.2. The third kappa shape index (κ3) is 7.11. The van der Waals surface area contributed by atoms with Crippen molar-refractivity contribution in [2.24, 2.45) is 5.41 Å². The minimum atomic E-state index is -2.42. The predicted octanol–water partition coefficient (Wildman–Crippen LogP) is -0.410. The van der Waals surface area contributed by atoms with Crippen molar-refractivity contribution in [1.82, 2.24) is 0 Å². The van der Waals surface area contributed by atoms with Crippen molar-refractivity contribution in [1.29, 1.82) is 0 Å². The fourth-order valence-corrected chi connectivity index (χ4v) is 6.04. The van der Waals surface area contributed by atoms with E-state index < -0.39 is 52.6 Å². The molecule has 0 fully saturated rings. The van der Waals surface area contributed by atoms with E-state index >= 15 is 0 Å². The SMILES string of the molecule is [CH2]C(C(=O)O[SiH2]c1ccc(C)cc1)(C(=O)O[SiH2]c1ccc(C)cc1)C(=O)O[SiH2]c1ccc(C)cc1. The number of carbonyl (C=O) groups is 3. The molecule has 0 unspecified atom stereocenters. The van der Waals surface area contributed by atoms with E-state index in [-0.39, 0.29) is 0 Å². The van der Waals surface area contributed by atoms with Gasteiger partial charge in [0.1, 0.15) is 0 Å². The smallest absolute Gasteiger partial charge is 0.321 e. The van der Waals surface area contributed by atoms with Crippen LogP contribution in [0.25, 0.3) is 0 Å². The summed E-state index contributed by atoms with van der Waals surface area (Å²) in [6.45, 7) is 9.57. The number of aryl methyl sites for hydroxylation is 3. The summed E-state index contributed by atoms with van der Waals surface area (Å²) in [7, 11) is -4.62. The van der Waals surface area contributed by atoms with Crippen molar-refractivity contribution in [3.63, 3.8) is 0 Å². The van der Waals surface area contributed by atoms with Crippen LogP contribution in [0.1, 0.15) is 16.7 Å². The van der Waals surface area contributed by atoms with Gasteiger partial charge < -0.3 is 13.3 Å². The van der Waals surface area contributed by atoms with Gasteiger partial charge in [-0.3, -0.25) is 14.4 Å². The first-order valence-corrected chi connectivity index (χ1v) is 15.1. The number of benzene rings is 3. The molecule has 0 saturated heterocycles. The summed E-state index contributed by atoms with van der Waals surface area (Å²) in [5.74, 6) is -3.10. The Morgan fingerprint density at radius 2 is 0.771 bits per heavy atom. The number of carbonyl (C=O) groups excluding carboxylic acids is 3. The molecular weight excluding hydrogens is 493 g/mol. The first-order chi connectivity index (χ1) is 16.7. The molecule has 0 bridgehead atoms. The van der Waals surface area contributed by atoms with E-state index in [1.807, 2.05) is 93.6 Å². The molecule has 3 rings (SSSR count). The normalized spacial score (nSPS) is 13.4. The Kier molecular flexibility index (Phi) is 8.96. The molecule has 0 aliphatic rings. The molecule has 35 heavy (non-hydrogen) atoms. The zero-order valence-electron chi connectivity index (χ0n) is 20.2. The summed E-state index contributed by atoms with van der Waals surface area (Å²) in [6.07, 6.45) is 0. The highest BCUT2D eigenvalue weighted by Crippen LogP contribution is 2.22. The molecule has 3 aromatic carbocycles. The molecule has 0 atom stereocenters. The Hall–Kier alpha value is -3.28. The number of rotatable bonds is 9. The molecule has 0 amide bonds. The number of hydrogen-bond acceptors (Lipinski definition) is 6. The van der Waals surface area contributed by atoms with E-state index in [2.05, 4.69) is 6.92 Å². The molecule has 0 N–H and O–H groups in total. The second-order valence-corrected chi connectivity index (χ2v) is 12.8. The van der Waals surface area contributed by atoms with Crippen LogP contribution in [0.15, 0.2) is 72.8 Å². The largest absolute Gasteiger partial charge is 0.519 e. The molecule has 9 heteroatoms. The van der Waals surface area contributed by atoms with Gasteiger partial charge in [0.15, 0.2) is 0 Å². The zero-order valence-corrected chi connectivity index (χ0v) is 24.4. The second kappa shape index (κ2) is 11.9. The highest BCUT2D eigenvalue weighted by molar-refractivity contribution is 6.52. The van der Waals surface area contributed by atoms with Gasteiger partial charge in [-0.05, 0) is 43.3 Å². The molecule has 3 aromatic rings. The van der Waals surface area contributed by atoms with Crippen LogP contribution in [-0.2, 0) is 27.7 Å². The Bertz CT molecular complexity index is 1030. The lowest BCUT2D eigenvalue weighted by Crippen LogP contribution is -2.50. The zero-order chi connectivity index (χ0) is 25.4. The summed E-state index contributed by atoms with van der Waals surface area (Å²) in [6, 6.07) is 22.7. The Balaban J connectivity index is 1.74. The predicted molar refractivity (Wildman–Crippen MR) is 144 cm³/mol. The average molecular weight is 522 g/mol. The summed E-state index contributed by atoms with van der Waals surface area (Å²) < 4.78 is 16.4. The van der Waals surface area contributed by atoms with E-state index in [9.17, 15) is 14.4 Å². The van der Waals surface area contributed by atoms with Gasteiger partial charge in [0.05, 0.1) is 0 Å². The van der Waals surface area contributed by atoms with Crippen molar-refractivity contribution >= 4 is 62.8 Å². The van der Waals surface area contributed by atoms with Gasteiger partial charge in [0, 0.05) is 0 Å². The van der Waals surface area contributed by atoms with Crippen LogP contribution in [0, 0.1) is 33.1 Å². The van der Waals surface area contributed by atoms with Crippen molar-refractivity contribution in [2.75, 3.05) is 0 Å². The molecular formula is C26H29O6Si3. The lowest BCUT2D eigenvalue weighted by Gasteiger charge is -2.24. The van der Waals surface area contributed by atoms with E-state index in [1.165, 1.54) is 0 Å². The van der Waals surface area contributed by atoms with Crippen LogP contribution >= 0.6 is 0 Å². The van der Waals surface area contributed by atoms with Crippen LogP contribution in [0.2, 0.25) is 0 Å². The lowest BCUT2D eigenvalue weighted by molar-refractivity contribution is -0.167. The third-order valence-corrected chi connectivity index (χ3v) is 9.15. The summed E-state index contributed by atoms with van der Waals surface area (Å²) >= 11 is 0. The van der Waals surface area contributed by atoms with Crippen molar-refractivity contribution in [3.05, 3.63) is 96.4 Å². The van der Waals surface area contributed by atoms with Crippen LogP contribution in [0.5, 0.6) is 0 Å². The van der Waals surface area contributed by atoms with Crippen LogP contribution in [0.4, 0.5) is 0 Å². The van der Waals surface area contributed by atoms with Crippen molar-refractivity contribution in [3.8, 4) is 0 Å². The molecule has 0 heterocycles. The number of hydrogen-bond donors (Lipinski definition) is 0. The molecule has 0 aliphatic carbocycles. The monoisotopic (exact) mass is 521 g/mol. The van der Waals surface area contributed by atoms with Gasteiger partial charge in [-0.15, -0.1) is 0 Å². The highest BCUT2D eigenvalue weighted by atomic mass is 28.2. The first kappa shape index (κ1) is 26.3. The van der Waals surface area contributed by atoms with Gasteiger partial charge in [-0.25, -0.2) is 0 Å². The van der Waals surface area contributed by atoms with E-state index in [1.54, 1.807) is 0 Å². The molecule has 1 radical (unpaired) electrons. The van der Waals surface area contributed by atoms with Gasteiger partial charge in [0.25, 0.3) is 34.7 Å². The Labute approximate surface area is 212 Å². The Morgan fingerprint density at radius 1 is 0.543 bits per heavy atom. The molecule has 0 spiro atoms. The van der Waals surface area contributed by atoms with Crippen molar-refractivity contribution < 1.29 is 27.7 Å². The minimum absolute atomic E-state index is 0.857. The fourth-order valence-electron chi connectivity index (χ4n) is 3.12. The van der Waals surface area contributed by atoms with Crippen LogP contribution in [0.3, 0.4) is 0 Å². The van der Waals surface area contributed by atoms with Crippen LogP contribution in [-0.4, -0.2) is 47.2 Å². The third-order valence-electron chi connectivity index (χ3n) is 5.52. The summed E-state index contributed by atoms with van der Waals surface area (Å²) in [4.78, 5) is 39.2. The average Bonchev–Trinajstić information content (AvgIpc) is 2.86. The topological polar surface area (TPSA) is 78.9 Å². The Morgan fingerprint density at radius 3 is 1.00 bits per heavy atom. The highest BCUT2D eigenvalue weighted by Gasteiger charge is 2.52. The maximum Gasteiger partial charge on any atom is 0.321 e. The molecule has 0 aliphatic heterocycles. The standard InChI is InChI=1S/C26H29O6Si3/c1-17-5-11-20(12-6-17)33-30-23(27)26(4,24(28)31-34-21-13-7-18(2)8-14-21)25(29)32-35-22-15-9-19(3)10-16-22/h5-16H,4,33-35H2,1-3H3. The molecule has 0 aromatic heterocycles. The maximum absolute atomic E-state index is 13.1. The van der Waals surface area contributed by atoms with Gasteiger partial charge in [0.2, 0.25) is 0 Å². The summed E-state index contributed by atoms with van der Waals surface area (Å²) in [5.41, 5.74) is 0.812. The quantitative estimate of drug-likeness (QED) is 0.281. The van der Waals surface area contributed by atoms with Gasteiger partial charge >= 0.3 is 17.9 Å². The fraction of sp³-hybridized carbons (Fsp3) is 0.154. The summed E-state index contributed by atoms with van der Waals surface area (Å²) in [5, 5.41) is 2.57. The van der Waals surface area contributed by atoms with Gasteiger partial charge in [-0.2, -0.15) is 0 Å². The van der Waals surface area contributed by atoms with Crippen LogP contribution < -0.4 is 15.6 Å².